The maximum Gasteiger partial charge on any atom is 0.286 e. The standard InChI is InChI=1S/C20H16ClN5OS/c1-2-25-19(27)17(21)16(13-22-25)28-20-24-23-18(14-9-5-3-6-10-14)26(20)15-11-7-4-8-12-15/h3-13H,2H2,1H3. The van der Waals surface area contributed by atoms with Crippen LogP contribution in [-0.2, 0) is 6.54 Å². The summed E-state index contributed by atoms with van der Waals surface area (Å²) < 4.78 is 3.27. The van der Waals surface area contributed by atoms with Gasteiger partial charge in [0.2, 0.25) is 5.16 Å². The zero-order valence-corrected chi connectivity index (χ0v) is 16.6. The molecule has 2 aromatic carbocycles. The van der Waals surface area contributed by atoms with Crippen LogP contribution >= 0.6 is 23.4 Å². The van der Waals surface area contributed by atoms with Crippen LogP contribution in [0.2, 0.25) is 5.02 Å². The molecule has 4 rings (SSSR count). The lowest BCUT2D eigenvalue weighted by molar-refractivity contribution is 0.608. The molecule has 0 saturated carbocycles. The molecule has 0 aliphatic heterocycles. The second-order valence-electron chi connectivity index (χ2n) is 5.89. The van der Waals surface area contributed by atoms with Crippen molar-refractivity contribution >= 4 is 23.4 Å². The number of benzene rings is 2. The largest absolute Gasteiger partial charge is 0.286 e. The van der Waals surface area contributed by atoms with Crippen LogP contribution in [0.15, 0.2) is 81.7 Å². The first-order valence-electron chi connectivity index (χ1n) is 8.68. The Morgan fingerprint density at radius 3 is 2.36 bits per heavy atom. The summed E-state index contributed by atoms with van der Waals surface area (Å²) in [6.07, 6.45) is 1.59. The third kappa shape index (κ3) is 3.46. The highest BCUT2D eigenvalue weighted by atomic mass is 35.5. The molecule has 0 aliphatic carbocycles. The molecule has 0 radical (unpaired) electrons. The minimum Gasteiger partial charge on any atom is -0.270 e. The molecule has 0 atom stereocenters. The number of halogens is 1. The Morgan fingerprint density at radius 2 is 1.68 bits per heavy atom. The van der Waals surface area contributed by atoms with Gasteiger partial charge in [-0.1, -0.05) is 60.1 Å². The van der Waals surface area contributed by atoms with Crippen LogP contribution in [-0.4, -0.2) is 24.5 Å². The molecule has 8 heteroatoms. The lowest BCUT2D eigenvalue weighted by Crippen LogP contribution is -2.22. The van der Waals surface area contributed by atoms with E-state index in [2.05, 4.69) is 15.3 Å². The fourth-order valence-electron chi connectivity index (χ4n) is 2.76. The fraction of sp³-hybridized carbons (Fsp3) is 0.100. The molecule has 2 aromatic heterocycles. The van der Waals surface area contributed by atoms with Crippen LogP contribution in [0.25, 0.3) is 17.1 Å². The summed E-state index contributed by atoms with van der Waals surface area (Å²) in [5.74, 6) is 0.709. The van der Waals surface area contributed by atoms with E-state index in [0.717, 1.165) is 11.3 Å². The van der Waals surface area contributed by atoms with Crippen LogP contribution in [0, 0.1) is 0 Å². The molecular weight excluding hydrogens is 394 g/mol. The van der Waals surface area contributed by atoms with Gasteiger partial charge >= 0.3 is 0 Å². The van der Waals surface area contributed by atoms with Gasteiger partial charge in [0, 0.05) is 17.8 Å². The van der Waals surface area contributed by atoms with Crippen LogP contribution < -0.4 is 5.56 Å². The van der Waals surface area contributed by atoms with E-state index in [9.17, 15) is 4.79 Å². The predicted octanol–water partition coefficient (Wildman–Crippen LogP) is 4.32. The van der Waals surface area contributed by atoms with E-state index in [1.807, 2.05) is 72.2 Å². The van der Waals surface area contributed by atoms with E-state index in [-0.39, 0.29) is 10.6 Å². The number of hydrogen-bond acceptors (Lipinski definition) is 5. The summed E-state index contributed by atoms with van der Waals surface area (Å²) in [6.45, 7) is 2.30. The Labute approximate surface area is 170 Å². The number of rotatable bonds is 5. The minimum absolute atomic E-state index is 0.130. The minimum atomic E-state index is -0.316. The lowest BCUT2D eigenvalue weighted by atomic mass is 10.2. The van der Waals surface area contributed by atoms with E-state index < -0.39 is 0 Å². The van der Waals surface area contributed by atoms with Gasteiger partial charge in [0.15, 0.2) is 5.82 Å². The number of nitrogens with zero attached hydrogens (tertiary/aromatic N) is 5. The Morgan fingerprint density at radius 1 is 1.00 bits per heavy atom. The summed E-state index contributed by atoms with van der Waals surface area (Å²) in [6, 6.07) is 19.7. The smallest absolute Gasteiger partial charge is 0.270 e. The van der Waals surface area contributed by atoms with Gasteiger partial charge in [-0.05, 0) is 30.8 Å². The molecule has 4 aromatic rings. The molecule has 6 nitrogen and oxygen atoms in total. The van der Waals surface area contributed by atoms with Crippen LogP contribution in [0.1, 0.15) is 6.92 Å². The van der Waals surface area contributed by atoms with E-state index in [4.69, 9.17) is 11.6 Å². The van der Waals surface area contributed by atoms with Crippen molar-refractivity contribution in [3.63, 3.8) is 0 Å². The predicted molar refractivity (Wildman–Crippen MR) is 110 cm³/mol. The molecule has 0 aliphatic rings. The first-order valence-corrected chi connectivity index (χ1v) is 9.88. The van der Waals surface area contributed by atoms with Crippen molar-refractivity contribution in [3.8, 4) is 17.1 Å². The molecule has 0 saturated heterocycles. The second-order valence-corrected chi connectivity index (χ2v) is 7.28. The summed E-state index contributed by atoms with van der Waals surface area (Å²) in [5.41, 5.74) is 1.54. The Bertz CT molecular complexity index is 1160. The molecule has 0 amide bonds. The maximum absolute atomic E-state index is 12.3. The van der Waals surface area contributed by atoms with Crippen molar-refractivity contribution in [2.24, 2.45) is 0 Å². The monoisotopic (exact) mass is 409 g/mol. The van der Waals surface area contributed by atoms with Gasteiger partial charge < -0.3 is 0 Å². The molecular formula is C20H16ClN5OS. The molecule has 0 fully saturated rings. The van der Waals surface area contributed by atoms with Crippen LogP contribution in [0.4, 0.5) is 0 Å². The van der Waals surface area contributed by atoms with Crippen molar-refractivity contribution in [1.29, 1.82) is 0 Å². The molecule has 28 heavy (non-hydrogen) atoms. The van der Waals surface area contributed by atoms with Gasteiger partial charge in [0.05, 0.1) is 11.1 Å². The van der Waals surface area contributed by atoms with Gasteiger partial charge in [0.25, 0.3) is 5.56 Å². The third-order valence-corrected chi connectivity index (χ3v) is 5.59. The first-order chi connectivity index (χ1) is 13.7. The molecule has 0 spiro atoms. The van der Waals surface area contributed by atoms with Crippen molar-refractivity contribution in [1.82, 2.24) is 24.5 Å². The van der Waals surface area contributed by atoms with Crippen LogP contribution in [0.5, 0.6) is 0 Å². The number of aromatic nitrogens is 5. The molecule has 2 heterocycles. The van der Waals surface area contributed by atoms with Gasteiger partial charge in [-0.15, -0.1) is 10.2 Å². The highest BCUT2D eigenvalue weighted by Gasteiger charge is 2.19. The lowest BCUT2D eigenvalue weighted by Gasteiger charge is -2.11. The number of aryl methyl sites for hydroxylation is 1. The van der Waals surface area contributed by atoms with Gasteiger partial charge in [-0.2, -0.15) is 5.10 Å². The Kier molecular flexibility index (Phi) is 5.27. The topological polar surface area (TPSA) is 65.6 Å². The van der Waals surface area contributed by atoms with Gasteiger partial charge in [-0.25, -0.2) is 4.68 Å². The molecule has 140 valence electrons. The second kappa shape index (κ2) is 8.00. The SMILES string of the molecule is CCn1ncc(Sc2nnc(-c3ccccc3)n2-c2ccccc2)c(Cl)c1=O. The highest BCUT2D eigenvalue weighted by Crippen LogP contribution is 2.34. The van der Waals surface area contributed by atoms with E-state index in [1.54, 1.807) is 6.20 Å². The van der Waals surface area contributed by atoms with Gasteiger partial charge in [-0.3, -0.25) is 9.36 Å². The summed E-state index contributed by atoms with van der Waals surface area (Å²) in [7, 11) is 0. The molecule has 0 N–H and O–H groups in total. The average molecular weight is 410 g/mol. The van der Waals surface area contributed by atoms with Crippen molar-refractivity contribution in [2.75, 3.05) is 0 Å². The quantitative estimate of drug-likeness (QED) is 0.491. The third-order valence-electron chi connectivity index (χ3n) is 4.13. The summed E-state index contributed by atoms with van der Waals surface area (Å²) in [5, 5.41) is 13.6. The average Bonchev–Trinajstić information content (AvgIpc) is 3.16. The summed E-state index contributed by atoms with van der Waals surface area (Å²) in [4.78, 5) is 12.8. The van der Waals surface area contributed by atoms with E-state index >= 15 is 0 Å². The van der Waals surface area contributed by atoms with Crippen molar-refractivity contribution in [3.05, 3.63) is 82.2 Å². The van der Waals surface area contributed by atoms with Gasteiger partial charge in [0.1, 0.15) is 5.02 Å². The normalized spacial score (nSPS) is 10.9. The number of para-hydroxylation sites is 1. The maximum atomic E-state index is 12.3. The van der Waals surface area contributed by atoms with Crippen molar-refractivity contribution in [2.45, 2.75) is 23.5 Å². The zero-order chi connectivity index (χ0) is 19.5. The summed E-state index contributed by atoms with van der Waals surface area (Å²) >= 11 is 7.56. The fourth-order valence-corrected chi connectivity index (χ4v) is 3.87. The van der Waals surface area contributed by atoms with Crippen LogP contribution in [0.3, 0.4) is 0 Å². The first kappa shape index (κ1) is 18.5. The number of hydrogen-bond donors (Lipinski definition) is 0. The van der Waals surface area contributed by atoms with Crippen molar-refractivity contribution < 1.29 is 0 Å². The highest BCUT2D eigenvalue weighted by molar-refractivity contribution is 7.99. The molecule has 0 bridgehead atoms. The molecule has 0 unspecified atom stereocenters. The van der Waals surface area contributed by atoms with E-state index in [0.29, 0.717) is 22.4 Å². The zero-order valence-electron chi connectivity index (χ0n) is 15.0. The van der Waals surface area contributed by atoms with E-state index in [1.165, 1.54) is 16.4 Å². The Balaban J connectivity index is 1.84. The Hall–Kier alpha value is -2.90.